The first kappa shape index (κ1) is 15.8. The Hall–Kier alpha value is -1.56. The van der Waals surface area contributed by atoms with E-state index in [2.05, 4.69) is 4.72 Å². The van der Waals surface area contributed by atoms with Gasteiger partial charge in [0.05, 0.1) is 12.0 Å². The van der Waals surface area contributed by atoms with Crippen LogP contribution in [0.4, 0.5) is 0 Å². The Kier molecular flexibility index (Phi) is 4.88. The fourth-order valence-corrected chi connectivity index (χ4v) is 3.35. The van der Waals surface area contributed by atoms with Gasteiger partial charge in [-0.25, -0.2) is 13.1 Å². The van der Waals surface area contributed by atoms with Gasteiger partial charge in [0, 0.05) is 16.6 Å². The predicted octanol–water partition coefficient (Wildman–Crippen LogP) is 3.39. The van der Waals surface area contributed by atoms with Crippen LogP contribution in [0.25, 0.3) is 0 Å². The molecule has 1 N–H and O–H groups in total. The van der Waals surface area contributed by atoms with Crippen molar-refractivity contribution < 1.29 is 13.2 Å². The third-order valence-electron chi connectivity index (χ3n) is 3.06. The Bertz CT molecular complexity index is 714. The third-order valence-corrected chi connectivity index (χ3v) is 4.87. The van der Waals surface area contributed by atoms with Crippen molar-refractivity contribution in [1.29, 1.82) is 0 Å². The van der Waals surface area contributed by atoms with E-state index in [1.807, 2.05) is 18.2 Å². The van der Waals surface area contributed by atoms with Crippen molar-refractivity contribution in [2.24, 2.45) is 0 Å². The molecule has 0 aliphatic heterocycles. The molecule has 0 heterocycles. The van der Waals surface area contributed by atoms with Crippen LogP contribution in [0.15, 0.2) is 53.4 Å². The Labute approximate surface area is 129 Å². The minimum absolute atomic E-state index is 0.175. The van der Waals surface area contributed by atoms with Gasteiger partial charge in [0.1, 0.15) is 5.75 Å². The lowest BCUT2D eigenvalue weighted by Gasteiger charge is -2.17. The van der Waals surface area contributed by atoms with Crippen molar-refractivity contribution in [2.75, 3.05) is 7.11 Å². The van der Waals surface area contributed by atoms with Gasteiger partial charge in [0.2, 0.25) is 10.0 Å². The monoisotopic (exact) mass is 325 g/mol. The van der Waals surface area contributed by atoms with Crippen molar-refractivity contribution in [3.8, 4) is 5.75 Å². The zero-order valence-corrected chi connectivity index (χ0v) is 13.3. The summed E-state index contributed by atoms with van der Waals surface area (Å²) in [7, 11) is -2.06. The first-order chi connectivity index (χ1) is 9.94. The largest absolute Gasteiger partial charge is 0.496 e. The van der Waals surface area contributed by atoms with Crippen LogP contribution in [0.3, 0.4) is 0 Å². The minimum atomic E-state index is -3.61. The summed E-state index contributed by atoms with van der Waals surface area (Å²) in [5, 5.41) is 0.492. The quantitative estimate of drug-likeness (QED) is 0.916. The molecule has 2 rings (SSSR count). The fourth-order valence-electron chi connectivity index (χ4n) is 2.00. The molecule has 0 amide bonds. The molecular weight excluding hydrogens is 310 g/mol. The summed E-state index contributed by atoms with van der Waals surface area (Å²) in [6.45, 7) is 1.77. The summed E-state index contributed by atoms with van der Waals surface area (Å²) in [5.41, 5.74) is 0.775. The normalized spacial score (nSPS) is 12.9. The lowest BCUT2D eigenvalue weighted by atomic mass is 10.1. The summed E-state index contributed by atoms with van der Waals surface area (Å²) < 4.78 is 32.5. The van der Waals surface area contributed by atoms with Gasteiger partial charge in [-0.15, -0.1) is 0 Å². The van der Waals surface area contributed by atoms with E-state index in [0.717, 1.165) is 5.56 Å². The third kappa shape index (κ3) is 3.75. The van der Waals surface area contributed by atoms with E-state index >= 15 is 0 Å². The Morgan fingerprint density at radius 3 is 2.33 bits per heavy atom. The van der Waals surface area contributed by atoms with Crippen LogP contribution in [0.2, 0.25) is 5.02 Å². The van der Waals surface area contributed by atoms with Gasteiger partial charge >= 0.3 is 0 Å². The number of methoxy groups -OCH3 is 1. The number of hydrogen-bond acceptors (Lipinski definition) is 3. The number of halogens is 1. The first-order valence-corrected chi connectivity index (χ1v) is 8.21. The van der Waals surface area contributed by atoms with Crippen molar-refractivity contribution in [3.05, 3.63) is 59.1 Å². The standard InChI is InChI=1S/C15H16ClNO3S/c1-11(14-5-3-4-6-15(14)20-2)17-21(18,19)13-9-7-12(16)8-10-13/h3-11,17H,1-2H3/t11-/m0/s1. The molecule has 0 saturated carbocycles. The molecule has 0 fully saturated rings. The summed E-state index contributed by atoms with van der Waals surface area (Å²) in [6.07, 6.45) is 0. The van der Waals surface area contributed by atoms with Crippen molar-refractivity contribution in [3.63, 3.8) is 0 Å². The van der Waals surface area contributed by atoms with Gasteiger partial charge < -0.3 is 4.74 Å². The highest BCUT2D eigenvalue weighted by molar-refractivity contribution is 7.89. The smallest absolute Gasteiger partial charge is 0.241 e. The van der Waals surface area contributed by atoms with E-state index in [-0.39, 0.29) is 4.90 Å². The second kappa shape index (κ2) is 6.47. The molecule has 0 aromatic heterocycles. The minimum Gasteiger partial charge on any atom is -0.496 e. The Balaban J connectivity index is 2.25. The molecule has 4 nitrogen and oxygen atoms in total. The van der Waals surface area contributed by atoms with E-state index in [4.69, 9.17) is 16.3 Å². The molecule has 0 aliphatic rings. The maximum Gasteiger partial charge on any atom is 0.241 e. The molecule has 112 valence electrons. The number of hydrogen-bond donors (Lipinski definition) is 1. The highest BCUT2D eigenvalue weighted by Crippen LogP contribution is 2.26. The molecule has 1 atom stereocenters. The van der Waals surface area contributed by atoms with E-state index in [1.54, 1.807) is 32.2 Å². The summed E-state index contributed by atoms with van der Waals surface area (Å²) in [5.74, 6) is 0.642. The van der Waals surface area contributed by atoms with Gasteiger partial charge in [0.25, 0.3) is 0 Å². The van der Waals surface area contributed by atoms with Crippen LogP contribution in [0.1, 0.15) is 18.5 Å². The molecule has 6 heteroatoms. The second-order valence-electron chi connectivity index (χ2n) is 4.54. The van der Waals surface area contributed by atoms with Gasteiger partial charge in [-0.3, -0.25) is 0 Å². The average Bonchev–Trinajstić information content (AvgIpc) is 2.47. The van der Waals surface area contributed by atoms with Crippen LogP contribution in [0.5, 0.6) is 5.75 Å². The van der Waals surface area contributed by atoms with Crippen LogP contribution >= 0.6 is 11.6 Å². The van der Waals surface area contributed by atoms with Crippen LogP contribution in [0, 0.1) is 0 Å². The molecule has 0 unspecified atom stereocenters. The summed E-state index contributed by atoms with van der Waals surface area (Å²) in [6, 6.07) is 12.9. The SMILES string of the molecule is COc1ccccc1[C@H](C)NS(=O)(=O)c1ccc(Cl)cc1. The average molecular weight is 326 g/mol. The molecule has 2 aromatic carbocycles. The highest BCUT2D eigenvalue weighted by Gasteiger charge is 2.20. The van der Waals surface area contributed by atoms with Gasteiger partial charge in [0.15, 0.2) is 0 Å². The van der Waals surface area contributed by atoms with Gasteiger partial charge in [-0.2, -0.15) is 0 Å². The fraction of sp³-hybridized carbons (Fsp3) is 0.200. The maximum atomic E-state index is 12.3. The molecular formula is C15H16ClNO3S. The van der Waals surface area contributed by atoms with Crippen molar-refractivity contribution in [2.45, 2.75) is 17.9 Å². The first-order valence-electron chi connectivity index (χ1n) is 6.35. The van der Waals surface area contributed by atoms with Crippen molar-refractivity contribution in [1.82, 2.24) is 4.72 Å². The van der Waals surface area contributed by atoms with E-state index in [1.165, 1.54) is 12.1 Å². The van der Waals surface area contributed by atoms with E-state index < -0.39 is 16.1 Å². The zero-order chi connectivity index (χ0) is 15.5. The number of benzene rings is 2. The van der Waals surface area contributed by atoms with Crippen LogP contribution in [-0.4, -0.2) is 15.5 Å². The Morgan fingerprint density at radius 2 is 1.71 bits per heavy atom. The van der Waals surface area contributed by atoms with Crippen molar-refractivity contribution >= 4 is 21.6 Å². The van der Waals surface area contributed by atoms with E-state index in [0.29, 0.717) is 10.8 Å². The molecule has 21 heavy (non-hydrogen) atoms. The number of ether oxygens (including phenoxy) is 1. The van der Waals surface area contributed by atoms with Crippen LogP contribution in [-0.2, 0) is 10.0 Å². The molecule has 0 saturated heterocycles. The summed E-state index contributed by atoms with van der Waals surface area (Å²) >= 11 is 5.77. The van der Waals surface area contributed by atoms with Gasteiger partial charge in [-0.05, 0) is 37.3 Å². The van der Waals surface area contributed by atoms with Crippen LogP contribution < -0.4 is 9.46 Å². The maximum absolute atomic E-state index is 12.3. The lowest BCUT2D eigenvalue weighted by Crippen LogP contribution is -2.27. The zero-order valence-electron chi connectivity index (χ0n) is 11.7. The number of nitrogens with one attached hydrogen (secondary N) is 1. The second-order valence-corrected chi connectivity index (χ2v) is 6.69. The molecule has 0 radical (unpaired) electrons. The highest BCUT2D eigenvalue weighted by atomic mass is 35.5. The molecule has 0 bridgehead atoms. The number of sulfonamides is 1. The lowest BCUT2D eigenvalue weighted by molar-refractivity contribution is 0.405. The number of rotatable bonds is 5. The molecule has 0 aliphatic carbocycles. The molecule has 0 spiro atoms. The predicted molar refractivity (Wildman–Crippen MR) is 83.2 cm³/mol. The molecule has 2 aromatic rings. The van der Waals surface area contributed by atoms with Gasteiger partial charge in [-0.1, -0.05) is 29.8 Å². The van der Waals surface area contributed by atoms with E-state index in [9.17, 15) is 8.42 Å². The number of para-hydroxylation sites is 1. The Morgan fingerprint density at radius 1 is 1.10 bits per heavy atom. The summed E-state index contributed by atoms with van der Waals surface area (Å²) in [4.78, 5) is 0.175. The topological polar surface area (TPSA) is 55.4 Å².